The minimum atomic E-state index is 0.556. The molecule has 0 amide bonds. The summed E-state index contributed by atoms with van der Waals surface area (Å²) in [4.78, 5) is 13.6. The highest BCUT2D eigenvalue weighted by molar-refractivity contribution is 6.30. The summed E-state index contributed by atoms with van der Waals surface area (Å²) in [5.41, 5.74) is 3.54. The highest BCUT2D eigenvalue weighted by Gasteiger charge is 2.31. The van der Waals surface area contributed by atoms with Crippen molar-refractivity contribution in [2.45, 2.75) is 37.6 Å². The van der Waals surface area contributed by atoms with Gasteiger partial charge in [0, 0.05) is 48.8 Å². The average molecular weight is 395 g/mol. The second-order valence-electron chi connectivity index (χ2n) is 8.16. The third kappa shape index (κ3) is 3.63. The van der Waals surface area contributed by atoms with E-state index in [9.17, 15) is 0 Å². The number of rotatable bonds is 3. The number of para-hydroxylation sites is 2. The van der Waals surface area contributed by atoms with Crippen LogP contribution in [0.15, 0.2) is 48.5 Å². The summed E-state index contributed by atoms with van der Waals surface area (Å²) in [6.45, 7) is 4.46. The number of piperazine rings is 1. The number of nitrogens with one attached hydrogen (secondary N) is 1. The van der Waals surface area contributed by atoms with Crippen LogP contribution in [0.25, 0.3) is 11.0 Å². The number of nitrogens with zero attached hydrogens (tertiary/aromatic N) is 3. The summed E-state index contributed by atoms with van der Waals surface area (Å²) in [6, 6.07) is 17.3. The van der Waals surface area contributed by atoms with Gasteiger partial charge in [-0.25, -0.2) is 4.98 Å². The largest absolute Gasteiger partial charge is 0.369 e. The normalized spacial score (nSPS) is 24.0. The number of hydrogen-bond acceptors (Lipinski definition) is 3. The molecular weight excluding hydrogens is 368 g/mol. The summed E-state index contributed by atoms with van der Waals surface area (Å²) < 4.78 is 0. The van der Waals surface area contributed by atoms with E-state index in [4.69, 9.17) is 16.6 Å². The monoisotopic (exact) mass is 394 g/mol. The molecule has 2 fully saturated rings. The third-order valence-electron chi connectivity index (χ3n) is 6.46. The first-order chi connectivity index (χ1) is 13.8. The van der Waals surface area contributed by atoms with Crippen molar-refractivity contribution >= 4 is 28.3 Å². The van der Waals surface area contributed by atoms with Gasteiger partial charge in [-0.2, -0.15) is 0 Å². The summed E-state index contributed by atoms with van der Waals surface area (Å²) in [7, 11) is 0. The van der Waals surface area contributed by atoms with E-state index in [1.54, 1.807) is 0 Å². The number of fused-ring (bicyclic) bond motifs is 1. The summed E-state index contributed by atoms with van der Waals surface area (Å²) in [6.07, 6.45) is 5.09. The van der Waals surface area contributed by atoms with Gasteiger partial charge in [0.25, 0.3) is 0 Å². The lowest BCUT2D eigenvalue weighted by Crippen LogP contribution is -2.51. The van der Waals surface area contributed by atoms with Crippen LogP contribution >= 0.6 is 11.6 Å². The fraction of sp³-hybridized carbons (Fsp3) is 0.435. The van der Waals surface area contributed by atoms with Crippen molar-refractivity contribution in [3.05, 3.63) is 59.4 Å². The SMILES string of the molecule is Clc1ccc(N2CCN(C3CCCC(c4nc5ccccc5[nH]4)C3)CC2)cc1. The van der Waals surface area contributed by atoms with Crippen molar-refractivity contribution in [2.24, 2.45) is 0 Å². The van der Waals surface area contributed by atoms with Gasteiger partial charge in [0.05, 0.1) is 11.0 Å². The Morgan fingerprint density at radius 1 is 0.929 bits per heavy atom. The molecular formula is C23H27ClN4. The van der Waals surface area contributed by atoms with Crippen LogP contribution in [0, 0.1) is 0 Å². The van der Waals surface area contributed by atoms with E-state index in [1.807, 2.05) is 12.1 Å². The molecule has 1 aliphatic carbocycles. The first-order valence-electron chi connectivity index (χ1n) is 10.5. The van der Waals surface area contributed by atoms with Crippen molar-refractivity contribution in [1.29, 1.82) is 0 Å². The number of H-pyrrole nitrogens is 1. The molecule has 5 rings (SSSR count). The van der Waals surface area contributed by atoms with Gasteiger partial charge >= 0.3 is 0 Å². The van der Waals surface area contributed by atoms with Gasteiger partial charge in [0.15, 0.2) is 0 Å². The number of hydrogen-bond donors (Lipinski definition) is 1. The Hall–Kier alpha value is -2.04. The van der Waals surface area contributed by atoms with Crippen LogP contribution in [-0.4, -0.2) is 47.1 Å². The van der Waals surface area contributed by atoms with Gasteiger partial charge < -0.3 is 9.88 Å². The molecule has 3 aromatic rings. The van der Waals surface area contributed by atoms with E-state index >= 15 is 0 Å². The van der Waals surface area contributed by atoms with E-state index in [-0.39, 0.29) is 0 Å². The lowest BCUT2D eigenvalue weighted by Gasteiger charge is -2.42. The minimum Gasteiger partial charge on any atom is -0.369 e. The number of aromatic amines is 1. The standard InChI is InChI=1S/C23H27ClN4/c24-18-8-10-19(11-9-18)27-12-14-28(15-13-27)20-5-3-4-17(16-20)23-25-21-6-1-2-7-22(21)26-23/h1-2,6-11,17,20H,3-5,12-16H2,(H,25,26). The molecule has 2 atom stereocenters. The van der Waals surface area contributed by atoms with Crippen LogP contribution in [0.5, 0.6) is 0 Å². The Kier molecular flexibility index (Phi) is 5.00. The molecule has 28 heavy (non-hydrogen) atoms. The van der Waals surface area contributed by atoms with Crippen molar-refractivity contribution in [1.82, 2.24) is 14.9 Å². The molecule has 1 saturated heterocycles. The highest BCUT2D eigenvalue weighted by atomic mass is 35.5. The van der Waals surface area contributed by atoms with Crippen molar-refractivity contribution in [2.75, 3.05) is 31.1 Å². The first-order valence-corrected chi connectivity index (χ1v) is 10.8. The maximum absolute atomic E-state index is 6.03. The molecule has 2 aliphatic rings. The molecule has 1 N–H and O–H groups in total. The van der Waals surface area contributed by atoms with Crippen LogP contribution in [0.3, 0.4) is 0 Å². The molecule has 5 heteroatoms. The molecule has 2 unspecified atom stereocenters. The molecule has 4 nitrogen and oxygen atoms in total. The zero-order valence-electron chi connectivity index (χ0n) is 16.1. The van der Waals surface area contributed by atoms with Crippen LogP contribution in [0.4, 0.5) is 5.69 Å². The van der Waals surface area contributed by atoms with E-state index in [0.29, 0.717) is 12.0 Å². The molecule has 2 heterocycles. The van der Waals surface area contributed by atoms with Crippen molar-refractivity contribution in [3.8, 4) is 0 Å². The van der Waals surface area contributed by atoms with Crippen LogP contribution in [0.2, 0.25) is 5.02 Å². The van der Waals surface area contributed by atoms with Gasteiger partial charge in [-0.05, 0) is 55.7 Å². The van der Waals surface area contributed by atoms with E-state index in [0.717, 1.165) is 42.2 Å². The lowest BCUT2D eigenvalue weighted by atomic mass is 9.84. The Morgan fingerprint density at radius 2 is 1.71 bits per heavy atom. The van der Waals surface area contributed by atoms with E-state index in [1.165, 1.54) is 37.2 Å². The fourth-order valence-electron chi connectivity index (χ4n) is 4.91. The van der Waals surface area contributed by atoms with Crippen LogP contribution < -0.4 is 4.90 Å². The Morgan fingerprint density at radius 3 is 2.50 bits per heavy atom. The number of halogens is 1. The number of aromatic nitrogens is 2. The predicted octanol–water partition coefficient (Wildman–Crippen LogP) is 5.06. The van der Waals surface area contributed by atoms with Crippen molar-refractivity contribution < 1.29 is 0 Å². The third-order valence-corrected chi connectivity index (χ3v) is 6.72. The van der Waals surface area contributed by atoms with E-state index < -0.39 is 0 Å². The topological polar surface area (TPSA) is 35.2 Å². The van der Waals surface area contributed by atoms with Gasteiger partial charge in [-0.15, -0.1) is 0 Å². The fourth-order valence-corrected chi connectivity index (χ4v) is 5.03. The molecule has 1 aromatic heterocycles. The van der Waals surface area contributed by atoms with Gasteiger partial charge in [0.2, 0.25) is 0 Å². The van der Waals surface area contributed by atoms with Crippen LogP contribution in [0.1, 0.15) is 37.4 Å². The molecule has 0 radical (unpaired) electrons. The summed E-state index contributed by atoms with van der Waals surface area (Å²) >= 11 is 6.03. The molecule has 146 valence electrons. The summed E-state index contributed by atoms with van der Waals surface area (Å²) in [5.74, 6) is 1.74. The lowest BCUT2D eigenvalue weighted by molar-refractivity contribution is 0.137. The van der Waals surface area contributed by atoms with Gasteiger partial charge in [-0.3, -0.25) is 4.90 Å². The summed E-state index contributed by atoms with van der Waals surface area (Å²) in [5, 5.41) is 0.807. The Balaban J connectivity index is 1.23. The smallest absolute Gasteiger partial charge is 0.110 e. The molecule has 1 saturated carbocycles. The molecule has 1 aliphatic heterocycles. The first kappa shape index (κ1) is 18.0. The van der Waals surface area contributed by atoms with Gasteiger partial charge in [-0.1, -0.05) is 30.2 Å². The Labute approximate surface area is 171 Å². The average Bonchev–Trinajstić information content (AvgIpc) is 3.19. The highest BCUT2D eigenvalue weighted by Crippen LogP contribution is 2.35. The second-order valence-corrected chi connectivity index (χ2v) is 8.59. The number of benzene rings is 2. The van der Waals surface area contributed by atoms with Crippen molar-refractivity contribution in [3.63, 3.8) is 0 Å². The second kappa shape index (κ2) is 7.76. The van der Waals surface area contributed by atoms with Crippen LogP contribution in [-0.2, 0) is 0 Å². The molecule has 2 aromatic carbocycles. The Bertz CT molecular complexity index is 894. The number of imidazole rings is 1. The number of anilines is 1. The van der Waals surface area contributed by atoms with E-state index in [2.05, 4.69) is 51.2 Å². The zero-order chi connectivity index (χ0) is 18.9. The quantitative estimate of drug-likeness (QED) is 0.673. The minimum absolute atomic E-state index is 0.556. The maximum atomic E-state index is 6.03. The predicted molar refractivity (Wildman–Crippen MR) is 116 cm³/mol. The molecule has 0 spiro atoms. The zero-order valence-corrected chi connectivity index (χ0v) is 16.9. The molecule has 0 bridgehead atoms. The maximum Gasteiger partial charge on any atom is 0.110 e. The van der Waals surface area contributed by atoms with Gasteiger partial charge in [0.1, 0.15) is 5.82 Å².